The second-order valence-electron chi connectivity index (χ2n) is 4.14. The van der Waals surface area contributed by atoms with Crippen molar-refractivity contribution in [3.63, 3.8) is 0 Å². The third-order valence-electron chi connectivity index (χ3n) is 2.84. The summed E-state index contributed by atoms with van der Waals surface area (Å²) in [4.78, 5) is 0. The molecule has 2 heterocycles. The van der Waals surface area contributed by atoms with Crippen molar-refractivity contribution in [1.82, 2.24) is 0 Å². The smallest absolute Gasteiger partial charge is 0.349 e. The number of allylic oxidation sites excluding steroid dienone is 3. The zero-order chi connectivity index (χ0) is 11.0. The summed E-state index contributed by atoms with van der Waals surface area (Å²) < 4.78 is 16.2. The fourth-order valence-corrected chi connectivity index (χ4v) is 2.06. The molecule has 0 aromatic rings. The standard InChI is InChI=1S/C12H14O4/c13-12(16-11-6-1-2-7-14-11)8-9-4-3-5-10(9)15-12/h3-5,8,11,13H,1-2,6-7H2. The van der Waals surface area contributed by atoms with Gasteiger partial charge in [0.2, 0.25) is 0 Å². The second-order valence-corrected chi connectivity index (χ2v) is 4.14. The van der Waals surface area contributed by atoms with E-state index in [1.807, 2.05) is 12.2 Å². The molecule has 2 unspecified atom stereocenters. The molecule has 0 aromatic carbocycles. The Morgan fingerprint density at radius 2 is 2.38 bits per heavy atom. The lowest BCUT2D eigenvalue weighted by molar-refractivity contribution is -0.363. The third-order valence-corrected chi connectivity index (χ3v) is 2.84. The highest BCUT2D eigenvalue weighted by Crippen LogP contribution is 2.36. The van der Waals surface area contributed by atoms with Gasteiger partial charge in [-0.25, -0.2) is 0 Å². The monoisotopic (exact) mass is 222 g/mol. The lowest BCUT2D eigenvalue weighted by Crippen LogP contribution is -2.37. The maximum absolute atomic E-state index is 10.1. The van der Waals surface area contributed by atoms with Crippen molar-refractivity contribution in [2.24, 2.45) is 0 Å². The molecule has 0 spiro atoms. The van der Waals surface area contributed by atoms with Crippen LogP contribution in [0.25, 0.3) is 0 Å². The Balaban J connectivity index is 1.68. The van der Waals surface area contributed by atoms with Gasteiger partial charge in [-0.3, -0.25) is 4.74 Å². The van der Waals surface area contributed by atoms with Gasteiger partial charge in [0.15, 0.2) is 6.29 Å². The summed E-state index contributed by atoms with van der Waals surface area (Å²) in [6.45, 7) is 0.680. The van der Waals surface area contributed by atoms with Gasteiger partial charge in [-0.05, 0) is 25.3 Å². The van der Waals surface area contributed by atoms with E-state index < -0.39 is 5.97 Å². The summed E-state index contributed by atoms with van der Waals surface area (Å²) in [5, 5.41) is 10.1. The topological polar surface area (TPSA) is 47.9 Å². The van der Waals surface area contributed by atoms with Gasteiger partial charge in [0.1, 0.15) is 5.76 Å². The number of ether oxygens (including phenoxy) is 3. The number of rotatable bonds is 2. The van der Waals surface area contributed by atoms with Crippen LogP contribution < -0.4 is 0 Å². The van der Waals surface area contributed by atoms with Crippen molar-refractivity contribution in [2.45, 2.75) is 31.5 Å². The zero-order valence-electron chi connectivity index (χ0n) is 8.89. The quantitative estimate of drug-likeness (QED) is 0.721. The molecule has 1 fully saturated rings. The van der Waals surface area contributed by atoms with Crippen LogP contribution in [-0.4, -0.2) is 24.0 Å². The average Bonchev–Trinajstić information content (AvgIpc) is 2.77. The molecule has 16 heavy (non-hydrogen) atoms. The minimum Gasteiger partial charge on any atom is -0.435 e. The Bertz CT molecular complexity index is 376. The van der Waals surface area contributed by atoms with Gasteiger partial charge in [-0.15, -0.1) is 0 Å². The Labute approximate surface area is 93.8 Å². The van der Waals surface area contributed by atoms with E-state index in [-0.39, 0.29) is 6.29 Å². The molecule has 3 aliphatic rings. The van der Waals surface area contributed by atoms with Crippen molar-refractivity contribution < 1.29 is 19.3 Å². The first-order valence-electron chi connectivity index (χ1n) is 5.58. The maximum atomic E-state index is 10.1. The van der Waals surface area contributed by atoms with Crippen molar-refractivity contribution in [1.29, 1.82) is 0 Å². The third kappa shape index (κ3) is 1.80. The Morgan fingerprint density at radius 1 is 1.44 bits per heavy atom. The van der Waals surface area contributed by atoms with Crippen molar-refractivity contribution >= 4 is 0 Å². The molecule has 0 radical (unpaired) electrons. The summed E-state index contributed by atoms with van der Waals surface area (Å²) in [7, 11) is 0. The van der Waals surface area contributed by atoms with E-state index in [0.29, 0.717) is 12.4 Å². The number of hydrogen-bond donors (Lipinski definition) is 1. The van der Waals surface area contributed by atoms with E-state index >= 15 is 0 Å². The van der Waals surface area contributed by atoms with Gasteiger partial charge in [0, 0.05) is 18.3 Å². The highest BCUT2D eigenvalue weighted by Gasteiger charge is 2.40. The number of fused-ring (bicyclic) bond motifs is 1. The largest absolute Gasteiger partial charge is 0.435 e. The predicted molar refractivity (Wildman–Crippen MR) is 56.0 cm³/mol. The van der Waals surface area contributed by atoms with Gasteiger partial charge in [0.25, 0.3) is 0 Å². The lowest BCUT2D eigenvalue weighted by atomic mass is 10.2. The molecule has 2 aliphatic heterocycles. The van der Waals surface area contributed by atoms with Crippen LogP contribution in [0.5, 0.6) is 0 Å². The Hall–Kier alpha value is -1.10. The first-order valence-corrected chi connectivity index (χ1v) is 5.58. The van der Waals surface area contributed by atoms with E-state index in [0.717, 1.165) is 24.8 Å². The minimum atomic E-state index is -1.66. The van der Waals surface area contributed by atoms with E-state index in [9.17, 15) is 5.11 Å². The van der Waals surface area contributed by atoms with Crippen LogP contribution in [0.1, 0.15) is 19.3 Å². The SMILES string of the molecule is OC1(OC2CCCCO2)C=C2C=CC=C2O1. The molecule has 4 nitrogen and oxygen atoms in total. The van der Waals surface area contributed by atoms with Crippen molar-refractivity contribution in [3.8, 4) is 0 Å². The molecule has 1 aliphatic carbocycles. The molecule has 86 valence electrons. The Kier molecular flexibility index (Phi) is 2.35. The summed E-state index contributed by atoms with van der Waals surface area (Å²) >= 11 is 0. The lowest BCUT2D eigenvalue weighted by Gasteiger charge is -2.29. The van der Waals surface area contributed by atoms with E-state index in [1.165, 1.54) is 0 Å². The van der Waals surface area contributed by atoms with Crippen molar-refractivity contribution in [2.75, 3.05) is 6.61 Å². The highest BCUT2D eigenvalue weighted by atomic mass is 16.9. The van der Waals surface area contributed by atoms with Crippen molar-refractivity contribution in [3.05, 3.63) is 35.6 Å². The van der Waals surface area contributed by atoms with Gasteiger partial charge in [0.05, 0.1) is 0 Å². The number of aliphatic hydroxyl groups is 1. The average molecular weight is 222 g/mol. The van der Waals surface area contributed by atoms with E-state index in [1.54, 1.807) is 12.2 Å². The molecule has 0 amide bonds. The fraction of sp³-hybridized carbons (Fsp3) is 0.500. The van der Waals surface area contributed by atoms with Crippen LogP contribution in [0.4, 0.5) is 0 Å². The summed E-state index contributed by atoms with van der Waals surface area (Å²) in [5.41, 5.74) is 0.860. The first-order chi connectivity index (χ1) is 7.75. The second kappa shape index (κ2) is 3.73. The summed E-state index contributed by atoms with van der Waals surface area (Å²) in [6.07, 6.45) is 9.64. The van der Waals surface area contributed by atoms with Gasteiger partial charge in [-0.1, -0.05) is 12.2 Å². The molecule has 0 aromatic heterocycles. The number of hydrogen-bond acceptors (Lipinski definition) is 4. The Morgan fingerprint density at radius 3 is 3.12 bits per heavy atom. The normalized spacial score (nSPS) is 36.7. The molecule has 1 N–H and O–H groups in total. The van der Waals surface area contributed by atoms with Crippen LogP contribution in [0.2, 0.25) is 0 Å². The fourth-order valence-electron chi connectivity index (χ4n) is 2.06. The van der Waals surface area contributed by atoms with Crippen LogP contribution in [0.3, 0.4) is 0 Å². The van der Waals surface area contributed by atoms with Gasteiger partial charge < -0.3 is 14.6 Å². The van der Waals surface area contributed by atoms with E-state index in [4.69, 9.17) is 14.2 Å². The van der Waals surface area contributed by atoms with Gasteiger partial charge in [-0.2, -0.15) is 0 Å². The molecule has 1 saturated heterocycles. The molecule has 4 heteroatoms. The molecule has 0 saturated carbocycles. The molecule has 0 bridgehead atoms. The van der Waals surface area contributed by atoms with E-state index in [2.05, 4.69) is 0 Å². The minimum absolute atomic E-state index is 0.376. The van der Waals surface area contributed by atoms with Crippen LogP contribution >= 0.6 is 0 Å². The molecule has 3 rings (SSSR count). The predicted octanol–water partition coefficient (Wildman–Crippen LogP) is 1.59. The van der Waals surface area contributed by atoms with Gasteiger partial charge >= 0.3 is 5.97 Å². The van der Waals surface area contributed by atoms with Crippen LogP contribution in [0, 0.1) is 0 Å². The van der Waals surface area contributed by atoms with Crippen LogP contribution in [-0.2, 0) is 14.2 Å². The molecular formula is C12H14O4. The molecular weight excluding hydrogens is 208 g/mol. The van der Waals surface area contributed by atoms with Crippen LogP contribution in [0.15, 0.2) is 35.6 Å². The highest BCUT2D eigenvalue weighted by molar-refractivity contribution is 5.48. The zero-order valence-corrected chi connectivity index (χ0v) is 8.89. The first kappa shape index (κ1) is 10.1. The summed E-state index contributed by atoms with van der Waals surface area (Å²) in [5.74, 6) is -1.01. The maximum Gasteiger partial charge on any atom is 0.349 e. The summed E-state index contributed by atoms with van der Waals surface area (Å²) in [6, 6.07) is 0. The molecule has 2 atom stereocenters.